The van der Waals surface area contributed by atoms with Crippen molar-refractivity contribution in [1.29, 1.82) is 0 Å². The molecule has 102 valence electrons. The van der Waals surface area contributed by atoms with Crippen LogP contribution in [0.25, 0.3) is 0 Å². The highest BCUT2D eigenvalue weighted by Crippen LogP contribution is 2.25. The van der Waals surface area contributed by atoms with E-state index in [1.54, 1.807) is 0 Å². The van der Waals surface area contributed by atoms with Gasteiger partial charge >= 0.3 is 0 Å². The Balaban J connectivity index is 2.36. The van der Waals surface area contributed by atoms with Crippen molar-refractivity contribution in [2.24, 2.45) is 11.3 Å². The Morgan fingerprint density at radius 1 is 1.29 bits per heavy atom. The minimum absolute atomic E-state index is 0.371. The lowest BCUT2D eigenvalue weighted by Gasteiger charge is -2.40. The topological polar surface area (TPSA) is 15.3 Å². The van der Waals surface area contributed by atoms with Gasteiger partial charge in [0.1, 0.15) is 0 Å². The third kappa shape index (κ3) is 4.97. The van der Waals surface area contributed by atoms with E-state index < -0.39 is 0 Å². The Kier molecular flexibility index (Phi) is 5.94. The van der Waals surface area contributed by atoms with Crippen molar-refractivity contribution in [1.82, 2.24) is 10.2 Å². The third-order valence-corrected chi connectivity index (χ3v) is 4.38. The molecular formula is C15H32N2. The van der Waals surface area contributed by atoms with Crippen molar-refractivity contribution in [3.8, 4) is 0 Å². The molecule has 0 aliphatic carbocycles. The second-order valence-electron chi connectivity index (χ2n) is 6.62. The molecule has 1 unspecified atom stereocenters. The summed E-state index contributed by atoms with van der Waals surface area (Å²) in [5.41, 5.74) is 0.371. The summed E-state index contributed by atoms with van der Waals surface area (Å²) in [6, 6.07) is 0.599. The summed E-state index contributed by atoms with van der Waals surface area (Å²) in [5.74, 6) is 0.935. The van der Waals surface area contributed by atoms with E-state index in [1.807, 2.05) is 0 Å². The molecular weight excluding hydrogens is 208 g/mol. The van der Waals surface area contributed by atoms with Crippen LogP contribution in [0.1, 0.15) is 53.9 Å². The van der Waals surface area contributed by atoms with Gasteiger partial charge in [0.25, 0.3) is 0 Å². The first-order valence-electron chi connectivity index (χ1n) is 7.41. The van der Waals surface area contributed by atoms with Gasteiger partial charge in [0.05, 0.1) is 0 Å². The van der Waals surface area contributed by atoms with Crippen molar-refractivity contribution >= 4 is 0 Å². The molecule has 1 heterocycles. The minimum atomic E-state index is 0.371. The fourth-order valence-corrected chi connectivity index (χ4v) is 2.57. The first-order valence-corrected chi connectivity index (χ1v) is 7.41. The average Bonchev–Trinajstić information content (AvgIpc) is 2.28. The molecule has 0 saturated carbocycles. The zero-order valence-corrected chi connectivity index (χ0v) is 12.6. The van der Waals surface area contributed by atoms with Crippen LogP contribution in [-0.4, -0.2) is 37.1 Å². The summed E-state index contributed by atoms with van der Waals surface area (Å²) in [6.07, 6.45) is 3.99. The number of likely N-dealkylation sites (tertiary alicyclic amines) is 1. The molecule has 0 aromatic carbocycles. The predicted molar refractivity (Wildman–Crippen MR) is 76.4 cm³/mol. The zero-order chi connectivity index (χ0) is 12.9. The molecule has 0 aromatic heterocycles. The van der Waals surface area contributed by atoms with E-state index in [1.165, 1.54) is 38.9 Å². The Hall–Kier alpha value is -0.0800. The lowest BCUT2D eigenvalue weighted by molar-refractivity contribution is 0.110. The number of nitrogens with zero attached hydrogens (tertiary/aromatic N) is 1. The predicted octanol–water partition coefficient (Wildman–Crippen LogP) is 3.13. The first kappa shape index (κ1) is 15.0. The maximum Gasteiger partial charge on any atom is 0.0102 e. The van der Waals surface area contributed by atoms with Gasteiger partial charge in [-0.3, -0.25) is 0 Å². The van der Waals surface area contributed by atoms with Crippen LogP contribution in [0.5, 0.6) is 0 Å². The molecule has 1 atom stereocenters. The molecule has 0 spiro atoms. The molecule has 1 aliphatic rings. The van der Waals surface area contributed by atoms with Gasteiger partial charge in [-0.1, -0.05) is 27.7 Å². The maximum absolute atomic E-state index is 3.64. The van der Waals surface area contributed by atoms with Crippen LogP contribution in [0, 0.1) is 11.3 Å². The fraction of sp³-hybridized carbons (Fsp3) is 1.00. The molecule has 2 heteroatoms. The average molecular weight is 240 g/mol. The molecule has 1 aliphatic heterocycles. The summed E-state index contributed by atoms with van der Waals surface area (Å²) < 4.78 is 0. The normalized spacial score (nSPS) is 21.7. The van der Waals surface area contributed by atoms with Crippen molar-refractivity contribution in [2.75, 3.05) is 26.2 Å². The van der Waals surface area contributed by atoms with Gasteiger partial charge in [-0.15, -0.1) is 0 Å². The SMILES string of the molecule is CCCNC(C)C(C)(C)CN1CCC(C)CC1. The van der Waals surface area contributed by atoms with Crippen LogP contribution in [0.3, 0.4) is 0 Å². The number of hydrogen-bond donors (Lipinski definition) is 1. The zero-order valence-electron chi connectivity index (χ0n) is 12.6. The Morgan fingerprint density at radius 3 is 2.41 bits per heavy atom. The maximum atomic E-state index is 3.64. The van der Waals surface area contributed by atoms with Gasteiger partial charge in [0, 0.05) is 12.6 Å². The van der Waals surface area contributed by atoms with Gasteiger partial charge < -0.3 is 10.2 Å². The summed E-state index contributed by atoms with van der Waals surface area (Å²) in [5, 5.41) is 3.64. The molecule has 17 heavy (non-hydrogen) atoms. The lowest BCUT2D eigenvalue weighted by Crippen LogP contribution is -2.48. The number of rotatable bonds is 6. The van der Waals surface area contributed by atoms with E-state index in [9.17, 15) is 0 Å². The second kappa shape index (κ2) is 6.75. The molecule has 1 N–H and O–H groups in total. The molecule has 1 rings (SSSR count). The van der Waals surface area contributed by atoms with Gasteiger partial charge in [-0.2, -0.15) is 0 Å². The third-order valence-electron chi connectivity index (χ3n) is 4.38. The summed E-state index contributed by atoms with van der Waals surface area (Å²) in [6.45, 7) is 16.7. The van der Waals surface area contributed by atoms with Crippen LogP contribution in [-0.2, 0) is 0 Å². The summed E-state index contributed by atoms with van der Waals surface area (Å²) in [7, 11) is 0. The van der Waals surface area contributed by atoms with E-state index in [0.717, 1.165) is 12.5 Å². The molecule has 0 aromatic rings. The van der Waals surface area contributed by atoms with E-state index in [0.29, 0.717) is 11.5 Å². The Labute approximate surface area is 108 Å². The number of nitrogens with one attached hydrogen (secondary N) is 1. The van der Waals surface area contributed by atoms with E-state index in [2.05, 4.69) is 44.8 Å². The second-order valence-corrected chi connectivity index (χ2v) is 6.62. The first-order chi connectivity index (χ1) is 7.95. The highest BCUT2D eigenvalue weighted by molar-refractivity contribution is 4.85. The van der Waals surface area contributed by atoms with Gasteiger partial charge in [0.2, 0.25) is 0 Å². The standard InChI is InChI=1S/C15H32N2/c1-6-9-16-14(3)15(4,5)12-17-10-7-13(2)8-11-17/h13-14,16H,6-12H2,1-5H3. The molecule has 0 amide bonds. The van der Waals surface area contributed by atoms with Crippen LogP contribution >= 0.6 is 0 Å². The molecule has 0 bridgehead atoms. The summed E-state index contributed by atoms with van der Waals surface area (Å²) >= 11 is 0. The molecule has 2 nitrogen and oxygen atoms in total. The molecule has 1 saturated heterocycles. The van der Waals surface area contributed by atoms with E-state index in [4.69, 9.17) is 0 Å². The van der Waals surface area contributed by atoms with Crippen LogP contribution in [0.4, 0.5) is 0 Å². The van der Waals surface area contributed by atoms with E-state index >= 15 is 0 Å². The fourth-order valence-electron chi connectivity index (χ4n) is 2.57. The van der Waals surface area contributed by atoms with Gasteiger partial charge in [-0.25, -0.2) is 0 Å². The lowest BCUT2D eigenvalue weighted by atomic mass is 9.83. The van der Waals surface area contributed by atoms with Crippen LogP contribution in [0.2, 0.25) is 0 Å². The van der Waals surface area contributed by atoms with Crippen molar-refractivity contribution < 1.29 is 0 Å². The minimum Gasteiger partial charge on any atom is -0.314 e. The van der Waals surface area contributed by atoms with Crippen molar-refractivity contribution in [3.05, 3.63) is 0 Å². The van der Waals surface area contributed by atoms with Gasteiger partial charge in [0.15, 0.2) is 0 Å². The van der Waals surface area contributed by atoms with Crippen molar-refractivity contribution in [2.45, 2.75) is 59.9 Å². The van der Waals surface area contributed by atoms with Crippen LogP contribution < -0.4 is 5.32 Å². The largest absolute Gasteiger partial charge is 0.314 e. The highest BCUT2D eigenvalue weighted by atomic mass is 15.1. The summed E-state index contributed by atoms with van der Waals surface area (Å²) in [4.78, 5) is 2.66. The Bertz CT molecular complexity index is 205. The van der Waals surface area contributed by atoms with E-state index in [-0.39, 0.29) is 0 Å². The molecule has 0 radical (unpaired) electrons. The van der Waals surface area contributed by atoms with Crippen LogP contribution in [0.15, 0.2) is 0 Å². The Morgan fingerprint density at radius 2 is 1.88 bits per heavy atom. The number of hydrogen-bond acceptors (Lipinski definition) is 2. The highest BCUT2D eigenvalue weighted by Gasteiger charge is 2.29. The van der Waals surface area contributed by atoms with Gasteiger partial charge in [-0.05, 0) is 57.2 Å². The van der Waals surface area contributed by atoms with Crippen molar-refractivity contribution in [3.63, 3.8) is 0 Å². The quantitative estimate of drug-likeness (QED) is 0.767. The monoisotopic (exact) mass is 240 g/mol. The smallest absolute Gasteiger partial charge is 0.0102 e. The molecule has 1 fully saturated rings. The number of piperidine rings is 1.